The van der Waals surface area contributed by atoms with Crippen LogP contribution in [0, 0.1) is 0 Å². The molecule has 0 radical (unpaired) electrons. The van der Waals surface area contributed by atoms with Crippen molar-refractivity contribution in [3.63, 3.8) is 0 Å². The second-order valence-electron chi connectivity index (χ2n) is 4.77. The molecule has 2 heterocycles. The average molecular weight is 340 g/mol. The summed E-state index contributed by atoms with van der Waals surface area (Å²) in [5, 5.41) is 23.3. The Morgan fingerprint density at radius 2 is 2.22 bits per heavy atom. The van der Waals surface area contributed by atoms with E-state index in [9.17, 15) is 9.59 Å². The van der Waals surface area contributed by atoms with Crippen molar-refractivity contribution in [3.8, 4) is 16.5 Å². The van der Waals surface area contributed by atoms with Crippen molar-refractivity contribution >= 4 is 23.3 Å². The molecule has 2 rings (SSSR count). The highest BCUT2D eigenvalue weighted by Crippen LogP contribution is 2.34. The van der Waals surface area contributed by atoms with Gasteiger partial charge in [0, 0.05) is 12.8 Å². The molecule has 0 spiro atoms. The van der Waals surface area contributed by atoms with Crippen molar-refractivity contribution in [3.05, 3.63) is 23.1 Å². The fraction of sp³-hybridized carbons (Fsp3) is 0.357. The van der Waals surface area contributed by atoms with E-state index in [0.29, 0.717) is 17.7 Å². The van der Waals surface area contributed by atoms with Gasteiger partial charge < -0.3 is 25.2 Å². The number of carboxylic acids is 2. The topological polar surface area (TPSA) is 136 Å². The van der Waals surface area contributed by atoms with E-state index in [1.165, 1.54) is 11.3 Å². The third kappa shape index (κ3) is 4.54. The predicted octanol–water partition coefficient (Wildman–Crippen LogP) is 1.60. The lowest BCUT2D eigenvalue weighted by atomic mass is 10.1. The van der Waals surface area contributed by atoms with Gasteiger partial charge in [0.1, 0.15) is 6.04 Å². The summed E-state index contributed by atoms with van der Waals surface area (Å²) in [7, 11) is 0. The SMILES string of the molecule is N[C@@H](Cc1c(OCCCC(=O)O)noc1-c1cccs1)C(=O)O. The van der Waals surface area contributed by atoms with Gasteiger partial charge in [-0.15, -0.1) is 11.3 Å². The Bertz CT molecular complexity index is 667. The number of aromatic nitrogens is 1. The van der Waals surface area contributed by atoms with E-state index in [4.69, 9.17) is 25.2 Å². The van der Waals surface area contributed by atoms with Crippen LogP contribution in [0.4, 0.5) is 0 Å². The highest BCUT2D eigenvalue weighted by atomic mass is 32.1. The van der Waals surface area contributed by atoms with Crippen LogP contribution in [0.1, 0.15) is 18.4 Å². The molecule has 0 aromatic carbocycles. The van der Waals surface area contributed by atoms with Gasteiger partial charge >= 0.3 is 11.9 Å². The molecule has 23 heavy (non-hydrogen) atoms. The van der Waals surface area contributed by atoms with Crippen LogP contribution in [0.5, 0.6) is 5.88 Å². The molecule has 0 aliphatic carbocycles. The normalized spacial score (nSPS) is 12.0. The van der Waals surface area contributed by atoms with Gasteiger partial charge in [0.2, 0.25) is 0 Å². The summed E-state index contributed by atoms with van der Waals surface area (Å²) in [6.07, 6.45) is 0.279. The molecule has 0 aliphatic heterocycles. The first kappa shape index (κ1) is 17.0. The van der Waals surface area contributed by atoms with Gasteiger partial charge in [-0.05, 0) is 23.0 Å². The molecular formula is C14H16N2O6S. The van der Waals surface area contributed by atoms with Gasteiger partial charge in [-0.2, -0.15) is 0 Å². The summed E-state index contributed by atoms with van der Waals surface area (Å²) in [4.78, 5) is 22.3. The Morgan fingerprint density at radius 3 is 2.83 bits per heavy atom. The maximum Gasteiger partial charge on any atom is 0.320 e. The fourth-order valence-electron chi connectivity index (χ4n) is 1.89. The minimum atomic E-state index is -1.14. The molecule has 0 saturated carbocycles. The third-order valence-corrected chi connectivity index (χ3v) is 3.88. The van der Waals surface area contributed by atoms with Crippen LogP contribution in [-0.4, -0.2) is 40.0 Å². The molecular weight excluding hydrogens is 324 g/mol. The maximum absolute atomic E-state index is 11.0. The van der Waals surface area contributed by atoms with E-state index in [2.05, 4.69) is 5.16 Å². The van der Waals surface area contributed by atoms with Crippen molar-refractivity contribution < 1.29 is 29.1 Å². The minimum absolute atomic E-state index is 0.000328. The predicted molar refractivity (Wildman–Crippen MR) is 81.5 cm³/mol. The third-order valence-electron chi connectivity index (χ3n) is 3.01. The molecule has 0 saturated heterocycles. The summed E-state index contributed by atoms with van der Waals surface area (Å²) in [5.74, 6) is -1.48. The second-order valence-corrected chi connectivity index (χ2v) is 5.72. The highest BCUT2D eigenvalue weighted by Gasteiger charge is 2.24. The van der Waals surface area contributed by atoms with Crippen LogP contribution in [0.25, 0.3) is 10.6 Å². The van der Waals surface area contributed by atoms with Crippen molar-refractivity contribution in [1.29, 1.82) is 0 Å². The Hall–Kier alpha value is -2.39. The second kappa shape index (κ2) is 7.75. The monoisotopic (exact) mass is 340 g/mol. The zero-order chi connectivity index (χ0) is 16.8. The Kier molecular flexibility index (Phi) is 5.72. The molecule has 0 bridgehead atoms. The molecule has 0 fully saturated rings. The number of nitrogens with two attached hydrogens (primary N) is 1. The van der Waals surface area contributed by atoms with E-state index in [1.54, 1.807) is 0 Å². The average Bonchev–Trinajstić information content (AvgIpc) is 3.13. The summed E-state index contributed by atoms with van der Waals surface area (Å²) < 4.78 is 10.7. The van der Waals surface area contributed by atoms with Crippen LogP contribution in [-0.2, 0) is 16.0 Å². The summed E-state index contributed by atoms with van der Waals surface area (Å²) in [6.45, 7) is 0.137. The Morgan fingerprint density at radius 1 is 1.43 bits per heavy atom. The molecule has 9 heteroatoms. The summed E-state index contributed by atoms with van der Waals surface area (Å²) >= 11 is 1.42. The maximum atomic E-state index is 11.0. The zero-order valence-corrected chi connectivity index (χ0v) is 12.9. The van der Waals surface area contributed by atoms with Crippen LogP contribution in [0.2, 0.25) is 0 Å². The number of ether oxygens (including phenoxy) is 1. The molecule has 0 amide bonds. The van der Waals surface area contributed by atoms with Gasteiger partial charge in [-0.1, -0.05) is 6.07 Å². The van der Waals surface area contributed by atoms with Gasteiger partial charge in [0.25, 0.3) is 5.88 Å². The number of carboxylic acid groups (broad SMARTS) is 2. The lowest BCUT2D eigenvalue weighted by Gasteiger charge is -2.08. The van der Waals surface area contributed by atoms with E-state index in [-0.39, 0.29) is 25.3 Å². The first-order valence-electron chi connectivity index (χ1n) is 6.84. The first-order chi connectivity index (χ1) is 11.0. The number of rotatable bonds is 9. The smallest absolute Gasteiger partial charge is 0.320 e. The molecule has 0 aliphatic rings. The van der Waals surface area contributed by atoms with Crippen LogP contribution >= 0.6 is 11.3 Å². The minimum Gasteiger partial charge on any atom is -0.481 e. The van der Waals surface area contributed by atoms with Crippen molar-refractivity contribution in [1.82, 2.24) is 5.16 Å². The molecule has 0 unspecified atom stereocenters. The zero-order valence-electron chi connectivity index (χ0n) is 12.1. The molecule has 1 atom stereocenters. The molecule has 4 N–H and O–H groups in total. The largest absolute Gasteiger partial charge is 0.481 e. The van der Waals surface area contributed by atoms with E-state index < -0.39 is 18.0 Å². The first-order valence-corrected chi connectivity index (χ1v) is 7.72. The number of carbonyl (C=O) groups is 2. The molecule has 8 nitrogen and oxygen atoms in total. The van der Waals surface area contributed by atoms with E-state index in [1.807, 2.05) is 17.5 Å². The fourth-order valence-corrected chi connectivity index (χ4v) is 2.62. The van der Waals surface area contributed by atoms with Crippen molar-refractivity contribution in [2.45, 2.75) is 25.3 Å². The quantitative estimate of drug-likeness (QED) is 0.586. The Labute approximate surface area is 135 Å². The number of hydrogen-bond acceptors (Lipinski definition) is 7. The molecule has 2 aromatic rings. The number of aliphatic carboxylic acids is 2. The lowest BCUT2D eigenvalue weighted by Crippen LogP contribution is -2.32. The van der Waals surface area contributed by atoms with Gasteiger partial charge in [0.05, 0.1) is 17.0 Å². The highest BCUT2D eigenvalue weighted by molar-refractivity contribution is 7.13. The van der Waals surface area contributed by atoms with E-state index in [0.717, 1.165) is 4.88 Å². The standard InChI is InChI=1S/C14H16N2O6S/c15-9(14(19)20)7-8-12(10-3-2-6-23-10)22-16-13(8)21-5-1-4-11(17)18/h2-3,6,9H,1,4-5,7,15H2,(H,17,18)(H,19,20)/t9-/m0/s1. The number of nitrogens with zero attached hydrogens (tertiary/aromatic N) is 1. The molecule has 2 aromatic heterocycles. The van der Waals surface area contributed by atoms with Gasteiger partial charge in [-0.3, -0.25) is 9.59 Å². The van der Waals surface area contributed by atoms with Crippen LogP contribution in [0.15, 0.2) is 22.0 Å². The molecule has 124 valence electrons. The van der Waals surface area contributed by atoms with Gasteiger partial charge in [-0.25, -0.2) is 0 Å². The lowest BCUT2D eigenvalue weighted by molar-refractivity contribution is -0.139. The van der Waals surface area contributed by atoms with E-state index >= 15 is 0 Å². The van der Waals surface area contributed by atoms with Crippen molar-refractivity contribution in [2.75, 3.05) is 6.61 Å². The van der Waals surface area contributed by atoms with Gasteiger partial charge in [0.15, 0.2) is 5.76 Å². The Balaban J connectivity index is 2.17. The number of hydrogen-bond donors (Lipinski definition) is 3. The summed E-state index contributed by atoms with van der Waals surface area (Å²) in [6, 6.07) is 2.53. The van der Waals surface area contributed by atoms with Crippen LogP contribution < -0.4 is 10.5 Å². The van der Waals surface area contributed by atoms with Crippen LogP contribution in [0.3, 0.4) is 0 Å². The summed E-state index contributed by atoms with van der Waals surface area (Å²) in [5.41, 5.74) is 6.06. The number of thiophene rings is 1. The van der Waals surface area contributed by atoms with Crippen molar-refractivity contribution in [2.24, 2.45) is 5.73 Å².